The summed E-state index contributed by atoms with van der Waals surface area (Å²) < 4.78 is 5.03. The lowest BCUT2D eigenvalue weighted by atomic mass is 10.1. The highest BCUT2D eigenvalue weighted by atomic mass is 16.6. The number of methoxy groups -OCH3 is 1. The van der Waals surface area contributed by atoms with Crippen LogP contribution in [-0.2, 0) is 6.54 Å². The maximum absolute atomic E-state index is 10.8. The second kappa shape index (κ2) is 5.98. The van der Waals surface area contributed by atoms with Crippen molar-refractivity contribution in [2.24, 2.45) is 0 Å². The third-order valence-corrected chi connectivity index (χ3v) is 2.68. The summed E-state index contributed by atoms with van der Waals surface area (Å²) in [4.78, 5) is 12.1. The van der Waals surface area contributed by atoms with Crippen molar-refractivity contribution in [3.05, 3.63) is 33.9 Å². The summed E-state index contributed by atoms with van der Waals surface area (Å²) in [7, 11) is 3.25. The van der Waals surface area contributed by atoms with Gasteiger partial charge in [-0.1, -0.05) is 0 Å². The molecular weight excluding hydrogens is 234 g/mol. The van der Waals surface area contributed by atoms with Gasteiger partial charge < -0.3 is 4.74 Å². The number of hydrogen-bond donors (Lipinski definition) is 0. The molecule has 0 aliphatic carbocycles. The molecule has 1 rings (SSSR count). The molecule has 0 bridgehead atoms. The van der Waals surface area contributed by atoms with Crippen LogP contribution in [0.2, 0.25) is 0 Å². The summed E-state index contributed by atoms with van der Waals surface area (Å²) in [5.74, 6) is 0.442. The molecule has 96 valence electrons. The summed E-state index contributed by atoms with van der Waals surface area (Å²) in [5, 5.41) is 19.6. The first kappa shape index (κ1) is 13.9. The topological polar surface area (TPSA) is 79.4 Å². The van der Waals surface area contributed by atoms with E-state index < -0.39 is 4.92 Å². The molecule has 0 N–H and O–H groups in total. The monoisotopic (exact) mass is 249 g/mol. The van der Waals surface area contributed by atoms with Crippen molar-refractivity contribution in [3.63, 3.8) is 0 Å². The molecule has 0 spiro atoms. The van der Waals surface area contributed by atoms with Crippen molar-refractivity contribution < 1.29 is 9.66 Å². The molecular formula is C12H15N3O3. The maximum atomic E-state index is 10.8. The Morgan fingerprint density at radius 2 is 2.22 bits per heavy atom. The zero-order chi connectivity index (χ0) is 13.7. The van der Waals surface area contributed by atoms with Crippen molar-refractivity contribution in [3.8, 4) is 11.8 Å². The van der Waals surface area contributed by atoms with E-state index in [1.807, 2.05) is 0 Å². The predicted octanol–water partition coefficient (Wildman–Crippen LogP) is 1.95. The average Bonchev–Trinajstić information content (AvgIpc) is 2.36. The first-order chi connectivity index (χ1) is 8.47. The highest BCUT2D eigenvalue weighted by Gasteiger charge is 2.13. The van der Waals surface area contributed by atoms with E-state index in [9.17, 15) is 10.1 Å². The minimum Gasteiger partial charge on any atom is -0.496 e. The molecule has 6 heteroatoms. The molecule has 0 aliphatic heterocycles. The molecule has 1 aromatic carbocycles. The van der Waals surface area contributed by atoms with Gasteiger partial charge in [0.15, 0.2) is 0 Å². The molecule has 18 heavy (non-hydrogen) atoms. The highest BCUT2D eigenvalue weighted by Crippen LogP contribution is 2.23. The molecule has 0 aromatic heterocycles. The summed E-state index contributed by atoms with van der Waals surface area (Å²) in [5.41, 5.74) is 0.730. The van der Waals surface area contributed by atoms with Crippen LogP contribution in [0.4, 0.5) is 5.69 Å². The zero-order valence-corrected chi connectivity index (χ0v) is 10.6. The molecule has 0 heterocycles. The minimum absolute atomic E-state index is 0.0117. The van der Waals surface area contributed by atoms with E-state index in [-0.39, 0.29) is 11.7 Å². The number of nitro groups is 1. The van der Waals surface area contributed by atoms with Crippen LogP contribution in [0.5, 0.6) is 5.75 Å². The van der Waals surface area contributed by atoms with Crippen LogP contribution in [0.25, 0.3) is 0 Å². The van der Waals surface area contributed by atoms with Gasteiger partial charge in [-0.2, -0.15) is 5.26 Å². The fraction of sp³-hybridized carbons (Fsp3) is 0.417. The number of benzene rings is 1. The third-order valence-electron chi connectivity index (χ3n) is 2.68. The fourth-order valence-electron chi connectivity index (χ4n) is 1.48. The second-order valence-corrected chi connectivity index (χ2v) is 4.02. The van der Waals surface area contributed by atoms with Crippen molar-refractivity contribution in [2.75, 3.05) is 14.2 Å². The Morgan fingerprint density at radius 3 is 2.72 bits per heavy atom. The van der Waals surface area contributed by atoms with Gasteiger partial charge in [0.1, 0.15) is 5.75 Å². The number of hydrogen-bond acceptors (Lipinski definition) is 5. The quantitative estimate of drug-likeness (QED) is 0.588. The van der Waals surface area contributed by atoms with Crippen LogP contribution in [0.15, 0.2) is 18.2 Å². The molecule has 1 atom stereocenters. The Morgan fingerprint density at radius 1 is 1.56 bits per heavy atom. The largest absolute Gasteiger partial charge is 0.496 e. The van der Waals surface area contributed by atoms with Gasteiger partial charge in [-0.15, -0.1) is 0 Å². The van der Waals surface area contributed by atoms with Crippen molar-refractivity contribution >= 4 is 5.69 Å². The summed E-state index contributed by atoms with van der Waals surface area (Å²) in [6, 6.07) is 6.45. The van der Waals surface area contributed by atoms with Crippen LogP contribution in [0.1, 0.15) is 12.5 Å². The molecule has 0 amide bonds. The van der Waals surface area contributed by atoms with E-state index in [1.165, 1.54) is 19.2 Å². The van der Waals surface area contributed by atoms with Gasteiger partial charge in [0.2, 0.25) is 0 Å². The van der Waals surface area contributed by atoms with E-state index in [4.69, 9.17) is 10.00 Å². The summed E-state index contributed by atoms with van der Waals surface area (Å²) >= 11 is 0. The van der Waals surface area contributed by atoms with Crippen molar-refractivity contribution in [1.82, 2.24) is 4.90 Å². The Hall–Kier alpha value is -2.13. The summed E-state index contributed by atoms with van der Waals surface area (Å²) in [6.45, 7) is 2.22. The number of nitro benzene ring substituents is 1. The van der Waals surface area contributed by atoms with Gasteiger partial charge in [0.25, 0.3) is 5.69 Å². The van der Waals surface area contributed by atoms with Crippen molar-refractivity contribution in [1.29, 1.82) is 5.26 Å². The lowest BCUT2D eigenvalue weighted by Crippen LogP contribution is -2.27. The maximum Gasteiger partial charge on any atom is 0.273 e. The molecule has 1 aromatic rings. The van der Waals surface area contributed by atoms with Crippen LogP contribution in [-0.4, -0.2) is 30.0 Å². The van der Waals surface area contributed by atoms with Crippen LogP contribution < -0.4 is 4.74 Å². The first-order valence-corrected chi connectivity index (χ1v) is 5.40. The third kappa shape index (κ3) is 3.43. The van der Waals surface area contributed by atoms with Crippen LogP contribution >= 0.6 is 0 Å². The SMILES string of the molecule is COc1cc(CN(C)C(C)C#N)cc([N+](=O)[O-])c1. The number of ether oxygens (including phenoxy) is 1. The Balaban J connectivity index is 2.98. The highest BCUT2D eigenvalue weighted by molar-refractivity contribution is 5.42. The second-order valence-electron chi connectivity index (χ2n) is 4.02. The minimum atomic E-state index is -0.459. The van der Waals surface area contributed by atoms with Gasteiger partial charge in [0, 0.05) is 12.6 Å². The van der Waals surface area contributed by atoms with Gasteiger partial charge >= 0.3 is 0 Å². The Bertz CT molecular complexity index is 482. The number of non-ortho nitro benzene ring substituents is 1. The number of nitriles is 1. The van der Waals surface area contributed by atoms with E-state index in [1.54, 1.807) is 24.9 Å². The fourth-order valence-corrected chi connectivity index (χ4v) is 1.48. The molecule has 0 saturated carbocycles. The van der Waals surface area contributed by atoms with E-state index in [2.05, 4.69) is 6.07 Å². The smallest absolute Gasteiger partial charge is 0.273 e. The van der Waals surface area contributed by atoms with Gasteiger partial charge in [0.05, 0.1) is 30.2 Å². The zero-order valence-electron chi connectivity index (χ0n) is 10.6. The molecule has 0 saturated heterocycles. The number of nitrogens with zero attached hydrogens (tertiary/aromatic N) is 3. The molecule has 0 fully saturated rings. The molecule has 0 aliphatic rings. The van der Waals surface area contributed by atoms with Gasteiger partial charge in [-0.25, -0.2) is 0 Å². The number of rotatable bonds is 5. The summed E-state index contributed by atoms with van der Waals surface area (Å²) in [6.07, 6.45) is 0. The lowest BCUT2D eigenvalue weighted by molar-refractivity contribution is -0.385. The Labute approximate surface area is 106 Å². The predicted molar refractivity (Wildman–Crippen MR) is 66.2 cm³/mol. The average molecular weight is 249 g/mol. The molecule has 6 nitrogen and oxygen atoms in total. The standard InChI is InChI=1S/C12H15N3O3/c1-9(7-13)14(2)8-10-4-11(15(16)17)6-12(5-10)18-3/h4-6,9H,8H2,1-3H3. The normalized spacial score (nSPS) is 11.9. The van der Waals surface area contributed by atoms with E-state index in [0.717, 1.165) is 5.56 Å². The van der Waals surface area contributed by atoms with Gasteiger partial charge in [-0.3, -0.25) is 15.0 Å². The van der Waals surface area contributed by atoms with E-state index >= 15 is 0 Å². The van der Waals surface area contributed by atoms with Crippen LogP contribution in [0.3, 0.4) is 0 Å². The van der Waals surface area contributed by atoms with Crippen LogP contribution in [0, 0.1) is 21.4 Å². The van der Waals surface area contributed by atoms with Gasteiger partial charge in [-0.05, 0) is 25.6 Å². The molecule has 0 radical (unpaired) electrons. The van der Waals surface area contributed by atoms with Crippen molar-refractivity contribution in [2.45, 2.75) is 19.5 Å². The molecule has 1 unspecified atom stereocenters. The first-order valence-electron chi connectivity index (χ1n) is 5.40. The lowest BCUT2D eigenvalue weighted by Gasteiger charge is -2.19. The Kier molecular flexibility index (Phi) is 4.63. The van der Waals surface area contributed by atoms with E-state index in [0.29, 0.717) is 12.3 Å².